The summed E-state index contributed by atoms with van der Waals surface area (Å²) in [6.07, 6.45) is 0.0134. The molecule has 0 spiro atoms. The standard InChI is InChI=1S/C15H23N3O3/c1-10-4-5-12(11(16)6-10)17-15(19)9-18-7-13(20-2)14(8-18)21-3/h4-6,13-14H,7-9,16H2,1-3H3,(H,17,19). The van der Waals surface area contributed by atoms with E-state index in [9.17, 15) is 4.79 Å². The Hall–Kier alpha value is -1.63. The van der Waals surface area contributed by atoms with Crippen molar-refractivity contribution >= 4 is 17.3 Å². The molecule has 1 saturated heterocycles. The summed E-state index contributed by atoms with van der Waals surface area (Å²) in [6, 6.07) is 5.58. The zero-order chi connectivity index (χ0) is 15.4. The Labute approximate surface area is 125 Å². The molecular weight excluding hydrogens is 270 g/mol. The maximum absolute atomic E-state index is 12.1. The molecule has 1 fully saturated rings. The number of aryl methyl sites for hydroxylation is 1. The van der Waals surface area contributed by atoms with Crippen LogP contribution >= 0.6 is 0 Å². The van der Waals surface area contributed by atoms with Crippen LogP contribution in [0.4, 0.5) is 11.4 Å². The van der Waals surface area contributed by atoms with Crippen molar-refractivity contribution in [2.45, 2.75) is 19.1 Å². The van der Waals surface area contributed by atoms with Crippen LogP contribution in [0.3, 0.4) is 0 Å². The molecule has 0 radical (unpaired) electrons. The molecule has 1 aliphatic rings. The van der Waals surface area contributed by atoms with Crippen LogP contribution in [0.5, 0.6) is 0 Å². The second kappa shape index (κ2) is 6.89. The minimum absolute atomic E-state index is 0.00671. The van der Waals surface area contributed by atoms with Gasteiger partial charge in [-0.2, -0.15) is 0 Å². The largest absolute Gasteiger partial charge is 0.397 e. The number of amides is 1. The molecule has 0 aromatic heterocycles. The predicted molar refractivity (Wildman–Crippen MR) is 82.3 cm³/mol. The van der Waals surface area contributed by atoms with Crippen molar-refractivity contribution in [3.63, 3.8) is 0 Å². The van der Waals surface area contributed by atoms with E-state index < -0.39 is 0 Å². The average molecular weight is 293 g/mol. The van der Waals surface area contributed by atoms with Crippen LogP contribution in [0.1, 0.15) is 5.56 Å². The van der Waals surface area contributed by atoms with Gasteiger partial charge in [0.2, 0.25) is 5.91 Å². The summed E-state index contributed by atoms with van der Waals surface area (Å²) in [7, 11) is 3.32. The third-order valence-corrected chi connectivity index (χ3v) is 3.74. The van der Waals surface area contributed by atoms with Crippen molar-refractivity contribution in [1.82, 2.24) is 4.90 Å². The lowest BCUT2D eigenvalue weighted by Crippen LogP contribution is -2.32. The van der Waals surface area contributed by atoms with Gasteiger partial charge in [-0.3, -0.25) is 9.69 Å². The summed E-state index contributed by atoms with van der Waals surface area (Å²) in [5, 5.41) is 2.84. The monoisotopic (exact) mass is 293 g/mol. The van der Waals surface area contributed by atoms with Gasteiger partial charge in [-0.15, -0.1) is 0 Å². The van der Waals surface area contributed by atoms with Crippen molar-refractivity contribution in [2.24, 2.45) is 0 Å². The van der Waals surface area contributed by atoms with Gasteiger partial charge >= 0.3 is 0 Å². The quantitative estimate of drug-likeness (QED) is 0.788. The number of nitrogen functional groups attached to an aromatic ring is 1. The number of hydrogen-bond donors (Lipinski definition) is 2. The Morgan fingerprint density at radius 2 is 1.95 bits per heavy atom. The number of methoxy groups -OCH3 is 2. The fourth-order valence-electron chi connectivity index (χ4n) is 2.59. The van der Waals surface area contributed by atoms with E-state index in [1.54, 1.807) is 14.2 Å². The molecule has 1 aliphatic heterocycles. The van der Waals surface area contributed by atoms with Crippen molar-refractivity contribution in [3.05, 3.63) is 23.8 Å². The number of anilines is 2. The second-order valence-electron chi connectivity index (χ2n) is 5.38. The van der Waals surface area contributed by atoms with Crippen LogP contribution in [-0.4, -0.2) is 56.9 Å². The van der Waals surface area contributed by atoms with Crippen LogP contribution in [0.25, 0.3) is 0 Å². The van der Waals surface area contributed by atoms with E-state index in [-0.39, 0.29) is 18.1 Å². The number of nitrogens with two attached hydrogens (primary N) is 1. The highest BCUT2D eigenvalue weighted by atomic mass is 16.5. The number of carbonyl (C=O) groups excluding carboxylic acids is 1. The van der Waals surface area contributed by atoms with E-state index in [0.29, 0.717) is 31.0 Å². The molecule has 21 heavy (non-hydrogen) atoms. The van der Waals surface area contributed by atoms with Gasteiger partial charge in [0, 0.05) is 27.3 Å². The molecule has 1 heterocycles. The number of hydrogen-bond acceptors (Lipinski definition) is 5. The van der Waals surface area contributed by atoms with Gasteiger partial charge in [0.15, 0.2) is 0 Å². The second-order valence-corrected chi connectivity index (χ2v) is 5.38. The summed E-state index contributed by atoms with van der Waals surface area (Å²) in [5.74, 6) is -0.0860. The predicted octanol–water partition coefficient (Wildman–Crippen LogP) is 0.861. The molecule has 2 rings (SSSR count). The number of nitrogens with zero attached hydrogens (tertiary/aromatic N) is 1. The summed E-state index contributed by atoms with van der Waals surface area (Å²) >= 11 is 0. The van der Waals surface area contributed by atoms with Crippen LogP contribution in [0.15, 0.2) is 18.2 Å². The molecule has 0 aliphatic carbocycles. The van der Waals surface area contributed by atoms with Crippen molar-refractivity contribution in [2.75, 3.05) is 44.9 Å². The lowest BCUT2D eigenvalue weighted by Gasteiger charge is -2.15. The number of nitrogens with one attached hydrogen (secondary N) is 1. The van der Waals surface area contributed by atoms with Crippen LogP contribution < -0.4 is 11.1 Å². The zero-order valence-electron chi connectivity index (χ0n) is 12.8. The first-order valence-corrected chi connectivity index (χ1v) is 6.97. The highest BCUT2D eigenvalue weighted by molar-refractivity contribution is 5.95. The maximum Gasteiger partial charge on any atom is 0.238 e. The first-order chi connectivity index (χ1) is 10.0. The van der Waals surface area contributed by atoms with Gasteiger partial charge < -0.3 is 20.5 Å². The van der Waals surface area contributed by atoms with E-state index in [1.165, 1.54) is 0 Å². The van der Waals surface area contributed by atoms with Gasteiger partial charge in [-0.25, -0.2) is 0 Å². The fraction of sp³-hybridized carbons (Fsp3) is 0.533. The van der Waals surface area contributed by atoms with Gasteiger partial charge in [0.1, 0.15) is 0 Å². The van der Waals surface area contributed by atoms with E-state index in [2.05, 4.69) is 5.32 Å². The highest BCUT2D eigenvalue weighted by Crippen LogP contribution is 2.20. The lowest BCUT2D eigenvalue weighted by atomic mass is 10.2. The van der Waals surface area contributed by atoms with Gasteiger partial charge in [-0.1, -0.05) is 6.07 Å². The third kappa shape index (κ3) is 3.93. The van der Waals surface area contributed by atoms with E-state index in [1.807, 2.05) is 30.0 Å². The Morgan fingerprint density at radius 1 is 1.33 bits per heavy atom. The molecule has 2 atom stereocenters. The fourth-order valence-corrected chi connectivity index (χ4v) is 2.59. The molecule has 2 unspecified atom stereocenters. The number of benzene rings is 1. The third-order valence-electron chi connectivity index (χ3n) is 3.74. The number of rotatable bonds is 5. The minimum Gasteiger partial charge on any atom is -0.397 e. The lowest BCUT2D eigenvalue weighted by molar-refractivity contribution is -0.117. The van der Waals surface area contributed by atoms with E-state index in [4.69, 9.17) is 15.2 Å². The van der Waals surface area contributed by atoms with Crippen molar-refractivity contribution < 1.29 is 14.3 Å². The van der Waals surface area contributed by atoms with Crippen LogP contribution in [0, 0.1) is 6.92 Å². The molecule has 0 bridgehead atoms. The van der Waals surface area contributed by atoms with Crippen LogP contribution in [0.2, 0.25) is 0 Å². The van der Waals surface area contributed by atoms with Gasteiger partial charge in [-0.05, 0) is 24.6 Å². The first kappa shape index (κ1) is 15.8. The average Bonchev–Trinajstić information content (AvgIpc) is 2.84. The van der Waals surface area contributed by atoms with Crippen molar-refractivity contribution in [3.8, 4) is 0 Å². The molecule has 1 amide bonds. The van der Waals surface area contributed by atoms with E-state index >= 15 is 0 Å². The molecule has 6 nitrogen and oxygen atoms in total. The molecule has 1 aromatic carbocycles. The topological polar surface area (TPSA) is 76.8 Å². The molecule has 3 N–H and O–H groups in total. The summed E-state index contributed by atoms with van der Waals surface area (Å²) < 4.78 is 10.7. The smallest absolute Gasteiger partial charge is 0.238 e. The maximum atomic E-state index is 12.1. The highest BCUT2D eigenvalue weighted by Gasteiger charge is 2.33. The zero-order valence-corrected chi connectivity index (χ0v) is 12.8. The molecular formula is C15H23N3O3. The molecule has 6 heteroatoms. The Kier molecular flexibility index (Phi) is 5.17. The molecule has 1 aromatic rings. The number of carbonyl (C=O) groups is 1. The normalized spacial score (nSPS) is 22.4. The molecule has 116 valence electrons. The summed E-state index contributed by atoms with van der Waals surface area (Å²) in [5.41, 5.74) is 8.19. The Balaban J connectivity index is 1.90. The Bertz CT molecular complexity index is 495. The summed E-state index contributed by atoms with van der Waals surface area (Å²) in [4.78, 5) is 14.1. The van der Waals surface area contributed by atoms with Gasteiger partial charge in [0.05, 0.1) is 30.1 Å². The van der Waals surface area contributed by atoms with Crippen LogP contribution in [-0.2, 0) is 14.3 Å². The van der Waals surface area contributed by atoms with Gasteiger partial charge in [0.25, 0.3) is 0 Å². The SMILES string of the molecule is COC1CN(CC(=O)Nc2ccc(C)cc2N)CC1OC. The number of ether oxygens (including phenoxy) is 2. The first-order valence-electron chi connectivity index (χ1n) is 6.97. The number of likely N-dealkylation sites (tertiary alicyclic amines) is 1. The van der Waals surface area contributed by atoms with Crippen molar-refractivity contribution in [1.29, 1.82) is 0 Å². The Morgan fingerprint density at radius 3 is 2.48 bits per heavy atom. The minimum atomic E-state index is -0.0860. The molecule has 0 saturated carbocycles. The summed E-state index contributed by atoms with van der Waals surface area (Å²) in [6.45, 7) is 3.63. The van der Waals surface area contributed by atoms with E-state index in [0.717, 1.165) is 5.56 Å².